The van der Waals surface area contributed by atoms with Crippen LogP contribution in [0.25, 0.3) is 79.0 Å². The largest absolute Gasteiger partial charge is 1.00 e. The molecule has 24 nitrogen and oxygen atoms in total. The Kier molecular flexibility index (Phi) is 43.6. The van der Waals surface area contributed by atoms with Crippen molar-refractivity contribution in [2.75, 3.05) is 33.4 Å². The van der Waals surface area contributed by atoms with E-state index in [9.17, 15) is 51.5 Å². The van der Waals surface area contributed by atoms with Crippen LogP contribution in [0.15, 0.2) is 254 Å². The van der Waals surface area contributed by atoms with Crippen LogP contribution in [0.1, 0.15) is 153 Å². The fourth-order valence-electron chi connectivity index (χ4n) is 14.7. The van der Waals surface area contributed by atoms with E-state index in [1.54, 1.807) is 42.5 Å². The van der Waals surface area contributed by atoms with E-state index in [1.165, 1.54) is 100 Å². The molecule has 2 aliphatic carbocycles. The van der Waals surface area contributed by atoms with Crippen LogP contribution in [-0.4, -0.2) is 77.5 Å². The van der Waals surface area contributed by atoms with Crippen LogP contribution in [0.2, 0.25) is 0 Å². The van der Waals surface area contributed by atoms with Crippen LogP contribution in [-0.2, 0) is 118 Å². The van der Waals surface area contributed by atoms with Crippen LogP contribution in [0.4, 0.5) is 45.5 Å². The molecule has 132 heavy (non-hydrogen) atoms. The third-order valence-electron chi connectivity index (χ3n) is 20.6. The smallest absolute Gasteiger partial charge is 0.744 e. The molecule has 8 N–H and O–H groups in total. The summed E-state index contributed by atoms with van der Waals surface area (Å²) in [6, 6.07) is 73.4. The van der Waals surface area contributed by atoms with Gasteiger partial charge in [0.1, 0.15) is 42.6 Å². The molecule has 0 aromatic heterocycles. The van der Waals surface area contributed by atoms with Gasteiger partial charge in [-0.25, -0.2) is 31.0 Å². The van der Waals surface area contributed by atoms with Crippen molar-refractivity contribution in [1.82, 2.24) is 0 Å². The van der Waals surface area contributed by atoms with Gasteiger partial charge in [-0.1, -0.05) is 218 Å². The SMILES string of the molecule is CC.CC.CC.CCc1cccc(CC)c1Nc1ccc2c(-c3ccccc3S(=O)(=O)O)c3ccc(=[NH+]c4c(CC)cccc4CC)cc-3oc2c1.CCc1cccc(CC)c1Nc1ccc2c(-c3ccccc3S(=O)(=O)O)c3ccc(=[NH+]c4c(CC)cccc4CC)cc-3oc2c1.COS(=O)Nc1ccc(C=Cc2[c-]cc(NS(C)(=O)=O)cc2)c(S(=O)(=O)[O-])c1.O=S(=O)=O.[Na+].[Na+]. The molecule has 0 amide bonds. The van der Waals surface area contributed by atoms with Gasteiger partial charge in [-0.2, -0.15) is 22.4 Å². The van der Waals surface area contributed by atoms with E-state index in [0.29, 0.717) is 56.2 Å². The summed E-state index contributed by atoms with van der Waals surface area (Å²) in [6.07, 6.45) is 11.1. The van der Waals surface area contributed by atoms with E-state index in [1.807, 2.05) is 114 Å². The quantitative estimate of drug-likeness (QED) is 0.00820. The molecule has 10 aromatic carbocycles. The number of rotatable bonds is 26. The minimum absolute atomic E-state index is 0. The Morgan fingerprint density at radius 2 is 0.773 bits per heavy atom. The van der Waals surface area contributed by atoms with E-state index in [-0.39, 0.29) is 80.2 Å². The fourth-order valence-corrected chi connectivity index (χ4v) is 17.8. The first-order valence-electron chi connectivity index (χ1n) is 42.8. The average Bonchev–Trinajstić information content (AvgIpc) is 0.744. The maximum Gasteiger partial charge on any atom is 1.00 e. The molecule has 0 saturated heterocycles. The monoisotopic (exact) mass is 1920 g/mol. The summed E-state index contributed by atoms with van der Waals surface area (Å²) in [4.78, 5) is 6.47. The molecule has 2 aliphatic heterocycles. The minimum Gasteiger partial charge on any atom is -0.744 e. The van der Waals surface area contributed by atoms with Crippen LogP contribution >= 0.6 is 0 Å². The molecule has 1 atom stereocenters. The second-order valence-electron chi connectivity index (χ2n) is 28.5. The Labute approximate surface area is 824 Å². The molecule has 4 aliphatic rings. The van der Waals surface area contributed by atoms with Gasteiger partial charge < -0.3 is 28.7 Å². The van der Waals surface area contributed by atoms with E-state index >= 15 is 0 Å². The Balaban J connectivity index is 0.000000296. The number of sulfonamides is 1. The second-order valence-corrected chi connectivity index (χ2v) is 35.8. The third kappa shape index (κ3) is 29.2. The first kappa shape index (κ1) is 111. The van der Waals surface area contributed by atoms with Crippen molar-refractivity contribution in [1.29, 1.82) is 0 Å². The molecule has 14 rings (SSSR count). The number of para-hydroxylation sites is 4. The van der Waals surface area contributed by atoms with Crippen molar-refractivity contribution >= 4 is 142 Å². The maximum absolute atomic E-state index is 12.6. The van der Waals surface area contributed by atoms with Gasteiger partial charge in [0.2, 0.25) is 32.1 Å². The summed E-state index contributed by atoms with van der Waals surface area (Å²) in [5, 5.41) is 10.5. The standard InChI is InChI=1S/2C39H38N2O4S.C16H17N2O7S3.3C2H6.2Na.O3S/c2*1-5-25-13-11-14-26(6-2)38(25)40-29-19-21-31-34(23-29)45-35-24-30(41-39-27(7-3)15-12-16-28(39)8-4)20-22-32(35)37(31)33-17-9-10-18-36(33)46(42,43)44;1-25-26(19)17-15-10-7-13(16(11-15)28(22,23)24)6-3-12-4-8-14(9-5-12)18-27(2,20)21;3*1-2;;;1-4(2)3/h2*9-24,40H,5-8H2,1-4H3,(H,42,43,44);3-4,6-11,17-18H,1-2H3,(H,22,23,24);3*1-2H3;;;/q;;-1;;;;2*+1;/p+1. The summed E-state index contributed by atoms with van der Waals surface area (Å²) in [7, 11) is -19.1. The molecule has 0 radical (unpaired) electrons. The van der Waals surface area contributed by atoms with Gasteiger partial charge in [-0.3, -0.25) is 18.0 Å². The molecule has 10 aromatic rings. The molecule has 1 unspecified atom stereocenters. The first-order valence-corrected chi connectivity index (χ1v) is 51.1. The zero-order chi connectivity index (χ0) is 95.4. The second kappa shape index (κ2) is 52.0. The van der Waals surface area contributed by atoms with Gasteiger partial charge in [-0.05, 0) is 146 Å². The van der Waals surface area contributed by atoms with E-state index in [2.05, 4.69) is 168 Å². The number of benzene rings is 12. The number of hydrogen-bond acceptors (Lipinski definition) is 18. The number of aryl methyl sites for hydroxylation is 8. The van der Waals surface area contributed by atoms with E-state index in [0.717, 1.165) is 130 Å². The Bertz CT molecular complexity index is 6690. The van der Waals surface area contributed by atoms with Gasteiger partial charge in [-0.15, -0.1) is 43.0 Å². The summed E-state index contributed by atoms with van der Waals surface area (Å²) in [5.41, 5.74) is 21.8. The maximum atomic E-state index is 12.6. The summed E-state index contributed by atoms with van der Waals surface area (Å²) in [6.45, 7) is 29.2. The zero-order valence-electron chi connectivity index (χ0n) is 77.6. The van der Waals surface area contributed by atoms with Crippen LogP contribution in [0.3, 0.4) is 0 Å². The van der Waals surface area contributed by atoms with Crippen molar-refractivity contribution in [2.45, 2.75) is 163 Å². The molecular formula is C100H112N6Na2O18S6+2. The van der Waals surface area contributed by atoms with Crippen molar-refractivity contribution in [3.8, 4) is 44.9 Å². The summed E-state index contributed by atoms with van der Waals surface area (Å²) < 4.78 is 187. The van der Waals surface area contributed by atoms with Crippen molar-refractivity contribution in [3.05, 3.63) is 303 Å². The van der Waals surface area contributed by atoms with E-state index in [4.69, 9.17) is 21.5 Å². The van der Waals surface area contributed by atoms with Crippen molar-refractivity contribution < 1.29 is 146 Å². The normalized spacial score (nSPS) is 11.7. The predicted octanol–water partition coefficient (Wildman–Crippen LogP) is 13.2. The van der Waals surface area contributed by atoms with Crippen molar-refractivity contribution in [2.24, 2.45) is 0 Å². The zero-order valence-corrected chi connectivity index (χ0v) is 86.5. The number of anilines is 6. The number of hydrogen-bond donors (Lipinski definition) is 8. The van der Waals surface area contributed by atoms with E-state index < -0.39 is 67.1 Å². The number of fused-ring (bicyclic) bond motifs is 4. The molecule has 0 saturated carbocycles. The molecule has 0 fully saturated rings. The third-order valence-corrected chi connectivity index (χ3v) is 24.6. The van der Waals surface area contributed by atoms with Gasteiger partial charge in [0, 0.05) is 119 Å². The molecule has 0 bridgehead atoms. The minimum atomic E-state index is -4.80. The van der Waals surface area contributed by atoms with Gasteiger partial charge in [0.25, 0.3) is 31.5 Å². The first-order chi connectivity index (χ1) is 62.2. The van der Waals surface area contributed by atoms with Gasteiger partial charge in [0.05, 0.1) is 30.4 Å². The Morgan fingerprint density at radius 3 is 1.11 bits per heavy atom. The molecule has 2 heterocycles. The van der Waals surface area contributed by atoms with Crippen LogP contribution < -0.4 is 99.9 Å². The number of nitrogens with one attached hydrogen (secondary N) is 6. The summed E-state index contributed by atoms with van der Waals surface area (Å²) in [5.74, 6) is 1.18. The van der Waals surface area contributed by atoms with Gasteiger partial charge >= 0.3 is 69.7 Å². The predicted molar refractivity (Wildman–Crippen MR) is 521 cm³/mol. The fraction of sp³-hybridized carbons (Fsp3) is 0.240. The molecule has 686 valence electrons. The average molecular weight is 1920 g/mol. The van der Waals surface area contributed by atoms with Crippen LogP contribution in [0.5, 0.6) is 0 Å². The Hall–Kier alpha value is -10.1. The van der Waals surface area contributed by atoms with Crippen molar-refractivity contribution in [3.63, 3.8) is 0 Å². The molecule has 0 spiro atoms. The Morgan fingerprint density at radius 1 is 0.417 bits per heavy atom. The topological polar surface area (TPSA) is 380 Å². The summed E-state index contributed by atoms with van der Waals surface area (Å²) >= 11 is -1.88. The molecular weight excluding hydrogens is 1810 g/mol. The molecule has 32 heteroatoms. The van der Waals surface area contributed by atoms with Crippen LogP contribution in [0, 0.1) is 6.07 Å². The van der Waals surface area contributed by atoms with Gasteiger partial charge in [0.15, 0.2) is 0 Å².